The van der Waals surface area contributed by atoms with Gasteiger partial charge in [-0.15, -0.1) is 0 Å². The lowest BCUT2D eigenvalue weighted by Crippen LogP contribution is -2.34. The van der Waals surface area contributed by atoms with E-state index < -0.39 is 11.6 Å². The quantitative estimate of drug-likeness (QED) is 0.730. The molecule has 2 N–H and O–H groups in total. The predicted octanol–water partition coefficient (Wildman–Crippen LogP) is 2.22. The highest BCUT2D eigenvalue weighted by Gasteiger charge is 2.20. The first-order chi connectivity index (χ1) is 6.18. The van der Waals surface area contributed by atoms with Crippen LogP contribution in [0.5, 0.6) is 5.75 Å². The van der Waals surface area contributed by atoms with E-state index in [4.69, 9.17) is 16.7 Å². The summed E-state index contributed by atoms with van der Waals surface area (Å²) >= 11 is 5.63. The fourth-order valence-corrected chi connectivity index (χ4v) is 1.58. The molecule has 70 valence electrons. The zero-order chi connectivity index (χ0) is 9.42. The first-order valence-corrected chi connectivity index (χ1v) is 4.47. The summed E-state index contributed by atoms with van der Waals surface area (Å²) in [6, 6.07) is 3.10. The van der Waals surface area contributed by atoms with Crippen LogP contribution in [0.4, 0.5) is 4.39 Å². The molecule has 1 aromatic rings. The van der Waals surface area contributed by atoms with E-state index in [0.717, 1.165) is 18.5 Å². The molecule has 1 aliphatic rings. The Morgan fingerprint density at radius 3 is 2.69 bits per heavy atom. The van der Waals surface area contributed by atoms with E-state index in [0.29, 0.717) is 0 Å². The number of hydrogen-bond donors (Lipinski definition) is 2. The topological polar surface area (TPSA) is 32.3 Å². The number of aromatic hydroxyl groups is 1. The summed E-state index contributed by atoms with van der Waals surface area (Å²) in [5, 5.41) is 12.3. The standard InChI is InChI=1S/C9H9ClFNO/c10-6-3-5(8-1-2-12-8)4-7(11)9(6)13/h3-4,8,12-13H,1-2H2/t8-/m1/s1. The summed E-state index contributed by atoms with van der Waals surface area (Å²) in [6.07, 6.45) is 0.987. The molecule has 0 saturated carbocycles. The molecule has 0 unspecified atom stereocenters. The zero-order valence-corrected chi connectivity index (χ0v) is 7.61. The van der Waals surface area contributed by atoms with Crippen LogP contribution in [-0.4, -0.2) is 11.7 Å². The molecule has 0 amide bonds. The number of rotatable bonds is 1. The molecular formula is C9H9ClFNO. The molecule has 0 aromatic heterocycles. The van der Waals surface area contributed by atoms with E-state index in [1.807, 2.05) is 0 Å². The van der Waals surface area contributed by atoms with E-state index in [2.05, 4.69) is 5.32 Å². The van der Waals surface area contributed by atoms with Crippen molar-refractivity contribution in [1.82, 2.24) is 5.32 Å². The second-order valence-corrected chi connectivity index (χ2v) is 3.54. The van der Waals surface area contributed by atoms with E-state index in [9.17, 15) is 4.39 Å². The van der Waals surface area contributed by atoms with Gasteiger partial charge < -0.3 is 10.4 Å². The van der Waals surface area contributed by atoms with E-state index >= 15 is 0 Å². The maximum atomic E-state index is 13.0. The number of halogens is 2. The van der Waals surface area contributed by atoms with Crippen molar-refractivity contribution in [3.8, 4) is 5.75 Å². The molecular weight excluding hydrogens is 193 g/mol. The maximum absolute atomic E-state index is 13.0. The molecule has 4 heteroatoms. The Hall–Kier alpha value is -0.800. The molecule has 1 aromatic carbocycles. The van der Waals surface area contributed by atoms with Gasteiger partial charge in [0.05, 0.1) is 5.02 Å². The molecule has 1 atom stereocenters. The third kappa shape index (κ3) is 1.49. The summed E-state index contributed by atoms with van der Waals surface area (Å²) in [6.45, 7) is 0.949. The summed E-state index contributed by atoms with van der Waals surface area (Å²) in [4.78, 5) is 0. The molecule has 2 rings (SSSR count). The lowest BCUT2D eigenvalue weighted by molar-refractivity contribution is 0.379. The van der Waals surface area contributed by atoms with Crippen LogP contribution in [0, 0.1) is 5.82 Å². The van der Waals surface area contributed by atoms with Crippen LogP contribution >= 0.6 is 11.6 Å². The summed E-state index contributed by atoms with van der Waals surface area (Å²) in [5.74, 6) is -1.12. The third-order valence-corrected chi connectivity index (χ3v) is 2.55. The minimum atomic E-state index is -0.656. The molecule has 0 spiro atoms. The number of nitrogens with one attached hydrogen (secondary N) is 1. The van der Waals surface area contributed by atoms with Crippen molar-refractivity contribution in [2.45, 2.75) is 12.5 Å². The van der Waals surface area contributed by atoms with Gasteiger partial charge in [-0.3, -0.25) is 0 Å². The van der Waals surface area contributed by atoms with Crippen molar-refractivity contribution in [1.29, 1.82) is 0 Å². The molecule has 0 radical (unpaired) electrons. The molecule has 2 nitrogen and oxygen atoms in total. The van der Waals surface area contributed by atoms with Crippen LogP contribution < -0.4 is 5.32 Å². The first kappa shape index (κ1) is 8.78. The Bertz CT molecular complexity index is 315. The van der Waals surface area contributed by atoms with Gasteiger partial charge in [0.1, 0.15) is 0 Å². The zero-order valence-electron chi connectivity index (χ0n) is 6.85. The van der Waals surface area contributed by atoms with Crippen LogP contribution in [0.15, 0.2) is 12.1 Å². The van der Waals surface area contributed by atoms with Gasteiger partial charge >= 0.3 is 0 Å². The van der Waals surface area contributed by atoms with Gasteiger partial charge in [0.25, 0.3) is 0 Å². The smallest absolute Gasteiger partial charge is 0.170 e. The van der Waals surface area contributed by atoms with Crippen molar-refractivity contribution < 1.29 is 9.50 Å². The van der Waals surface area contributed by atoms with E-state index in [-0.39, 0.29) is 11.1 Å². The average molecular weight is 202 g/mol. The van der Waals surface area contributed by atoms with Gasteiger partial charge in [-0.05, 0) is 30.7 Å². The van der Waals surface area contributed by atoms with Crippen LogP contribution in [0.25, 0.3) is 0 Å². The first-order valence-electron chi connectivity index (χ1n) is 4.10. The van der Waals surface area contributed by atoms with Crippen LogP contribution in [0.1, 0.15) is 18.0 Å². The van der Waals surface area contributed by atoms with Gasteiger partial charge in [0.15, 0.2) is 11.6 Å². The second-order valence-electron chi connectivity index (χ2n) is 3.13. The molecule has 1 saturated heterocycles. The molecule has 0 aliphatic carbocycles. The number of hydrogen-bond acceptors (Lipinski definition) is 2. The minimum Gasteiger partial charge on any atom is -0.504 e. The molecule has 0 bridgehead atoms. The normalized spacial score (nSPS) is 21.2. The third-order valence-electron chi connectivity index (χ3n) is 2.27. The van der Waals surface area contributed by atoms with Crippen LogP contribution in [-0.2, 0) is 0 Å². The van der Waals surface area contributed by atoms with Gasteiger partial charge in [0.2, 0.25) is 0 Å². The Labute approximate surface area is 80.3 Å². The van der Waals surface area contributed by atoms with Crippen molar-refractivity contribution in [3.05, 3.63) is 28.5 Å². The molecule has 1 heterocycles. The summed E-state index contributed by atoms with van der Waals surface area (Å²) in [7, 11) is 0. The highest BCUT2D eigenvalue weighted by atomic mass is 35.5. The van der Waals surface area contributed by atoms with Gasteiger partial charge in [-0.2, -0.15) is 0 Å². The fourth-order valence-electron chi connectivity index (χ4n) is 1.36. The van der Waals surface area contributed by atoms with Crippen molar-refractivity contribution in [3.63, 3.8) is 0 Å². The predicted molar refractivity (Wildman–Crippen MR) is 48.4 cm³/mol. The van der Waals surface area contributed by atoms with Gasteiger partial charge in [-0.1, -0.05) is 11.6 Å². The molecule has 1 aliphatic heterocycles. The Kier molecular flexibility index (Phi) is 2.14. The highest BCUT2D eigenvalue weighted by Crippen LogP contribution is 2.32. The van der Waals surface area contributed by atoms with Crippen molar-refractivity contribution in [2.24, 2.45) is 0 Å². The van der Waals surface area contributed by atoms with Crippen molar-refractivity contribution in [2.75, 3.05) is 6.54 Å². The van der Waals surface area contributed by atoms with Crippen LogP contribution in [0.3, 0.4) is 0 Å². The second kappa shape index (κ2) is 3.16. The van der Waals surface area contributed by atoms with Gasteiger partial charge in [-0.25, -0.2) is 4.39 Å². The van der Waals surface area contributed by atoms with E-state index in [1.54, 1.807) is 6.07 Å². The maximum Gasteiger partial charge on any atom is 0.170 e. The Morgan fingerprint density at radius 1 is 1.54 bits per heavy atom. The largest absolute Gasteiger partial charge is 0.504 e. The number of benzene rings is 1. The number of phenolic OH excluding ortho intramolecular Hbond substituents is 1. The summed E-state index contributed by atoms with van der Waals surface area (Å²) in [5.41, 5.74) is 0.798. The molecule has 1 fully saturated rings. The van der Waals surface area contributed by atoms with Gasteiger partial charge in [0, 0.05) is 6.04 Å². The fraction of sp³-hybridized carbons (Fsp3) is 0.333. The Balaban J connectivity index is 2.37. The average Bonchev–Trinajstić information content (AvgIpc) is 1.96. The minimum absolute atomic E-state index is 0.0729. The SMILES string of the molecule is Oc1c(F)cc([C@H]2CCN2)cc1Cl. The Morgan fingerprint density at radius 2 is 2.23 bits per heavy atom. The lowest BCUT2D eigenvalue weighted by atomic mass is 9.98. The molecule has 13 heavy (non-hydrogen) atoms. The monoisotopic (exact) mass is 201 g/mol. The van der Waals surface area contributed by atoms with E-state index in [1.165, 1.54) is 6.07 Å². The van der Waals surface area contributed by atoms with Crippen molar-refractivity contribution >= 4 is 11.6 Å². The van der Waals surface area contributed by atoms with Crippen LogP contribution in [0.2, 0.25) is 5.02 Å². The highest BCUT2D eigenvalue weighted by molar-refractivity contribution is 6.32. The lowest BCUT2D eigenvalue weighted by Gasteiger charge is -2.28. The number of phenols is 1. The summed E-state index contributed by atoms with van der Waals surface area (Å²) < 4.78 is 13.0.